The average molecular weight is 252 g/mol. The van der Waals surface area contributed by atoms with Crippen LogP contribution >= 0.6 is 23.2 Å². The minimum atomic E-state index is 0.485. The summed E-state index contributed by atoms with van der Waals surface area (Å²) in [5.74, 6) is 0. The topological polar surface area (TPSA) is 26.0 Å². The molecule has 0 spiro atoms. The van der Waals surface area contributed by atoms with Crippen molar-refractivity contribution < 1.29 is 0 Å². The van der Waals surface area contributed by atoms with Crippen LogP contribution in [0.4, 0.5) is 0 Å². The van der Waals surface area contributed by atoms with E-state index in [1.54, 1.807) is 0 Å². The highest BCUT2D eigenvalue weighted by atomic mass is 35.5. The van der Waals surface area contributed by atoms with Gasteiger partial charge < -0.3 is 5.73 Å². The lowest BCUT2D eigenvalue weighted by molar-refractivity contribution is 1.07. The highest BCUT2D eigenvalue weighted by Crippen LogP contribution is 2.28. The van der Waals surface area contributed by atoms with Crippen LogP contribution in [0.25, 0.3) is 11.1 Å². The maximum Gasteiger partial charge on any atom is 0.0412 e. The molecule has 0 saturated carbocycles. The number of halogens is 2. The second kappa shape index (κ2) is 4.88. The SMILES string of the molecule is NCc1ccc(Cl)cc1-c1cccc(Cl)c1. The molecule has 0 aliphatic heterocycles. The first kappa shape index (κ1) is 11.5. The Hall–Kier alpha value is -1.02. The summed E-state index contributed by atoms with van der Waals surface area (Å²) in [6, 6.07) is 13.4. The van der Waals surface area contributed by atoms with Gasteiger partial charge in [-0.1, -0.05) is 41.4 Å². The van der Waals surface area contributed by atoms with Crippen molar-refractivity contribution >= 4 is 23.2 Å². The summed E-state index contributed by atoms with van der Waals surface area (Å²) in [7, 11) is 0. The van der Waals surface area contributed by atoms with E-state index in [4.69, 9.17) is 28.9 Å². The fourth-order valence-corrected chi connectivity index (χ4v) is 2.01. The van der Waals surface area contributed by atoms with E-state index in [9.17, 15) is 0 Å². The van der Waals surface area contributed by atoms with Crippen molar-refractivity contribution in [2.45, 2.75) is 6.54 Å². The average Bonchev–Trinajstić information content (AvgIpc) is 2.29. The summed E-state index contributed by atoms with van der Waals surface area (Å²) >= 11 is 12.0. The predicted molar refractivity (Wildman–Crippen MR) is 69.8 cm³/mol. The van der Waals surface area contributed by atoms with Crippen LogP contribution in [-0.2, 0) is 6.54 Å². The third-order valence-corrected chi connectivity index (χ3v) is 2.90. The van der Waals surface area contributed by atoms with Crippen LogP contribution in [0.15, 0.2) is 42.5 Å². The molecule has 0 aliphatic rings. The predicted octanol–water partition coefficient (Wildman–Crippen LogP) is 4.12. The third-order valence-electron chi connectivity index (χ3n) is 2.43. The van der Waals surface area contributed by atoms with E-state index in [0.717, 1.165) is 16.7 Å². The molecular formula is C13H11Cl2N. The lowest BCUT2D eigenvalue weighted by Gasteiger charge is -2.08. The molecule has 0 radical (unpaired) electrons. The second-order valence-corrected chi connectivity index (χ2v) is 4.39. The van der Waals surface area contributed by atoms with Gasteiger partial charge in [0.15, 0.2) is 0 Å². The molecule has 2 rings (SSSR count). The maximum atomic E-state index is 5.99. The van der Waals surface area contributed by atoms with Crippen molar-refractivity contribution in [1.29, 1.82) is 0 Å². The molecule has 0 heterocycles. The monoisotopic (exact) mass is 251 g/mol. The zero-order valence-electron chi connectivity index (χ0n) is 8.58. The molecule has 0 bridgehead atoms. The maximum absolute atomic E-state index is 5.99. The Morgan fingerprint density at radius 1 is 0.938 bits per heavy atom. The Morgan fingerprint density at radius 3 is 2.38 bits per heavy atom. The molecule has 2 aromatic carbocycles. The summed E-state index contributed by atoms with van der Waals surface area (Å²) in [6.07, 6.45) is 0. The molecule has 3 heteroatoms. The zero-order valence-corrected chi connectivity index (χ0v) is 10.1. The van der Waals surface area contributed by atoms with E-state index >= 15 is 0 Å². The smallest absolute Gasteiger partial charge is 0.0412 e. The Labute approximate surface area is 105 Å². The summed E-state index contributed by atoms with van der Waals surface area (Å²) in [4.78, 5) is 0. The van der Waals surface area contributed by atoms with E-state index in [-0.39, 0.29) is 0 Å². The van der Waals surface area contributed by atoms with Gasteiger partial charge in [-0.3, -0.25) is 0 Å². The van der Waals surface area contributed by atoms with Crippen LogP contribution in [0.5, 0.6) is 0 Å². The van der Waals surface area contributed by atoms with Crippen molar-refractivity contribution in [3.8, 4) is 11.1 Å². The van der Waals surface area contributed by atoms with Gasteiger partial charge in [-0.05, 0) is 41.0 Å². The number of nitrogens with two attached hydrogens (primary N) is 1. The lowest BCUT2D eigenvalue weighted by Crippen LogP contribution is -1.98. The fourth-order valence-electron chi connectivity index (χ4n) is 1.65. The van der Waals surface area contributed by atoms with Gasteiger partial charge in [-0.25, -0.2) is 0 Å². The minimum absolute atomic E-state index is 0.485. The van der Waals surface area contributed by atoms with Crippen molar-refractivity contribution in [2.75, 3.05) is 0 Å². The van der Waals surface area contributed by atoms with Gasteiger partial charge in [-0.2, -0.15) is 0 Å². The van der Waals surface area contributed by atoms with Gasteiger partial charge in [0, 0.05) is 16.6 Å². The Bertz CT molecular complexity index is 509. The normalized spacial score (nSPS) is 10.4. The molecule has 0 atom stereocenters. The lowest BCUT2D eigenvalue weighted by atomic mass is 10.00. The van der Waals surface area contributed by atoms with Gasteiger partial charge in [-0.15, -0.1) is 0 Å². The number of rotatable bonds is 2. The molecule has 2 N–H and O–H groups in total. The van der Waals surface area contributed by atoms with Crippen LogP contribution in [0, 0.1) is 0 Å². The summed E-state index contributed by atoms with van der Waals surface area (Å²) in [5, 5.41) is 1.41. The molecule has 0 fully saturated rings. The first-order valence-electron chi connectivity index (χ1n) is 4.95. The van der Waals surface area contributed by atoms with Crippen LogP contribution in [0.2, 0.25) is 10.0 Å². The van der Waals surface area contributed by atoms with Crippen LogP contribution < -0.4 is 5.73 Å². The van der Waals surface area contributed by atoms with E-state index in [1.165, 1.54) is 0 Å². The fraction of sp³-hybridized carbons (Fsp3) is 0.0769. The van der Waals surface area contributed by atoms with Crippen molar-refractivity contribution in [3.05, 3.63) is 58.1 Å². The van der Waals surface area contributed by atoms with Gasteiger partial charge in [0.25, 0.3) is 0 Å². The highest BCUT2D eigenvalue weighted by molar-refractivity contribution is 6.31. The van der Waals surface area contributed by atoms with Crippen LogP contribution in [-0.4, -0.2) is 0 Å². The Kier molecular flexibility index (Phi) is 3.49. The molecule has 0 aliphatic carbocycles. The van der Waals surface area contributed by atoms with E-state index in [0.29, 0.717) is 16.6 Å². The second-order valence-electron chi connectivity index (χ2n) is 3.52. The molecular weight excluding hydrogens is 241 g/mol. The standard InChI is InChI=1S/C13H11Cl2N/c14-11-3-1-2-9(6-11)13-7-12(15)5-4-10(13)8-16/h1-7H,8,16H2. The zero-order chi connectivity index (χ0) is 11.5. The summed E-state index contributed by atoms with van der Waals surface area (Å²) in [6.45, 7) is 0.485. The molecule has 16 heavy (non-hydrogen) atoms. The number of hydrogen-bond donors (Lipinski definition) is 1. The highest BCUT2D eigenvalue weighted by Gasteiger charge is 2.05. The van der Waals surface area contributed by atoms with Crippen LogP contribution in [0.3, 0.4) is 0 Å². The largest absolute Gasteiger partial charge is 0.326 e. The summed E-state index contributed by atoms with van der Waals surface area (Å²) < 4.78 is 0. The minimum Gasteiger partial charge on any atom is -0.326 e. The molecule has 1 nitrogen and oxygen atoms in total. The quantitative estimate of drug-likeness (QED) is 0.854. The van der Waals surface area contributed by atoms with Gasteiger partial charge in [0.2, 0.25) is 0 Å². The van der Waals surface area contributed by atoms with Gasteiger partial charge in [0.1, 0.15) is 0 Å². The van der Waals surface area contributed by atoms with Gasteiger partial charge in [0.05, 0.1) is 0 Å². The van der Waals surface area contributed by atoms with Crippen LogP contribution in [0.1, 0.15) is 5.56 Å². The van der Waals surface area contributed by atoms with E-state index in [2.05, 4.69) is 0 Å². The first-order chi connectivity index (χ1) is 7.70. The van der Waals surface area contributed by atoms with Gasteiger partial charge >= 0.3 is 0 Å². The Balaban J connectivity index is 2.58. The van der Waals surface area contributed by atoms with E-state index in [1.807, 2.05) is 42.5 Å². The molecule has 0 aromatic heterocycles. The molecule has 2 aromatic rings. The van der Waals surface area contributed by atoms with E-state index < -0.39 is 0 Å². The first-order valence-corrected chi connectivity index (χ1v) is 5.71. The molecule has 0 saturated heterocycles. The van der Waals surface area contributed by atoms with Crippen molar-refractivity contribution in [2.24, 2.45) is 5.73 Å². The molecule has 82 valence electrons. The molecule has 0 unspecified atom stereocenters. The molecule has 0 amide bonds. The van der Waals surface area contributed by atoms with Crippen molar-refractivity contribution in [3.63, 3.8) is 0 Å². The van der Waals surface area contributed by atoms with Crippen molar-refractivity contribution in [1.82, 2.24) is 0 Å². The third kappa shape index (κ3) is 2.38. The number of benzene rings is 2. The Morgan fingerprint density at radius 2 is 1.69 bits per heavy atom. The summed E-state index contributed by atoms with van der Waals surface area (Å²) in [5.41, 5.74) is 8.84. The number of hydrogen-bond acceptors (Lipinski definition) is 1.